The molecule has 0 atom stereocenters. The van der Waals surface area contributed by atoms with Gasteiger partial charge in [-0.1, -0.05) is 36.4 Å². The minimum atomic E-state index is -0.139. The highest BCUT2D eigenvalue weighted by molar-refractivity contribution is 5.93. The van der Waals surface area contributed by atoms with Crippen LogP contribution in [-0.4, -0.2) is 38.9 Å². The maximum atomic E-state index is 12.3. The van der Waals surface area contributed by atoms with Crippen LogP contribution in [0.1, 0.15) is 12.5 Å². The lowest BCUT2D eigenvalue weighted by atomic mass is 10.2. The quantitative estimate of drug-likeness (QED) is 0.379. The Morgan fingerprint density at radius 1 is 0.781 bits per heavy atom. The molecular weight excluding hydrogens is 404 g/mol. The van der Waals surface area contributed by atoms with Crippen LogP contribution in [0.2, 0.25) is 0 Å². The van der Waals surface area contributed by atoms with E-state index in [2.05, 4.69) is 22.8 Å². The first-order chi connectivity index (χ1) is 15.7. The zero-order chi connectivity index (χ0) is 22.4. The molecule has 0 bridgehead atoms. The van der Waals surface area contributed by atoms with E-state index < -0.39 is 0 Å². The lowest BCUT2D eigenvalue weighted by Crippen LogP contribution is -2.21. The third-order valence-corrected chi connectivity index (χ3v) is 4.63. The lowest BCUT2D eigenvalue weighted by molar-refractivity contribution is -0.114. The zero-order valence-electron chi connectivity index (χ0n) is 18.4. The number of nitrogens with one attached hydrogen (secondary N) is 2. The van der Waals surface area contributed by atoms with Crippen LogP contribution >= 0.6 is 0 Å². The number of carbonyl (C=O) groups excluding carboxylic acids is 1. The topological polar surface area (TPSA) is 68.8 Å². The fourth-order valence-corrected chi connectivity index (χ4v) is 3.01. The summed E-state index contributed by atoms with van der Waals surface area (Å²) in [5.41, 5.74) is 2.79. The summed E-state index contributed by atoms with van der Waals surface area (Å²) in [4.78, 5) is 12.3. The summed E-state index contributed by atoms with van der Waals surface area (Å²) in [6.07, 6.45) is 0.861. The second-order valence-electron chi connectivity index (χ2n) is 7.08. The Bertz CT molecular complexity index is 946. The molecule has 0 saturated carbocycles. The maximum absolute atomic E-state index is 12.3. The molecule has 6 nitrogen and oxygen atoms in total. The van der Waals surface area contributed by atoms with Crippen molar-refractivity contribution in [1.82, 2.24) is 0 Å². The summed E-state index contributed by atoms with van der Waals surface area (Å²) in [5, 5.41) is 5.99. The molecular formula is C26H30N2O4. The van der Waals surface area contributed by atoms with Crippen molar-refractivity contribution in [1.29, 1.82) is 0 Å². The van der Waals surface area contributed by atoms with Gasteiger partial charge in [0.25, 0.3) is 0 Å². The highest BCUT2D eigenvalue weighted by Gasteiger charge is 2.04. The molecule has 0 aliphatic carbocycles. The van der Waals surface area contributed by atoms with Crippen molar-refractivity contribution in [2.75, 3.05) is 43.6 Å². The summed E-state index contributed by atoms with van der Waals surface area (Å²) in [6.45, 7) is 4.39. The standard InChI is InChI=1S/C26H30N2O4/c1-2-30-17-18-32-25-10-6-9-23(19-25)28-26(29)20-27-22-11-13-24(14-12-22)31-16-15-21-7-4-3-5-8-21/h3-14,19,27H,2,15-18,20H2,1H3,(H,28,29). The molecule has 0 aliphatic heterocycles. The monoisotopic (exact) mass is 434 g/mol. The van der Waals surface area contributed by atoms with E-state index in [1.807, 2.05) is 67.6 Å². The Balaban J connectivity index is 1.38. The van der Waals surface area contributed by atoms with Crippen LogP contribution in [0.3, 0.4) is 0 Å². The molecule has 0 unspecified atom stereocenters. The average molecular weight is 435 g/mol. The molecule has 0 aliphatic rings. The van der Waals surface area contributed by atoms with Gasteiger partial charge < -0.3 is 24.8 Å². The van der Waals surface area contributed by atoms with Crippen LogP contribution in [0.15, 0.2) is 78.9 Å². The molecule has 3 aromatic carbocycles. The summed E-state index contributed by atoms with van der Waals surface area (Å²) < 4.78 is 16.7. The van der Waals surface area contributed by atoms with E-state index in [9.17, 15) is 4.79 Å². The van der Waals surface area contributed by atoms with Crippen molar-refractivity contribution in [2.24, 2.45) is 0 Å². The molecule has 1 amide bonds. The van der Waals surface area contributed by atoms with Gasteiger partial charge in [-0.05, 0) is 48.9 Å². The smallest absolute Gasteiger partial charge is 0.243 e. The lowest BCUT2D eigenvalue weighted by Gasteiger charge is -2.11. The van der Waals surface area contributed by atoms with Gasteiger partial charge in [0.05, 0.1) is 19.8 Å². The Morgan fingerprint density at radius 2 is 1.56 bits per heavy atom. The number of benzene rings is 3. The molecule has 6 heteroatoms. The van der Waals surface area contributed by atoms with Crippen molar-refractivity contribution in [3.05, 3.63) is 84.4 Å². The predicted octanol–water partition coefficient (Wildman–Crippen LogP) is 4.77. The molecule has 0 heterocycles. The second-order valence-corrected chi connectivity index (χ2v) is 7.08. The molecule has 168 valence electrons. The maximum Gasteiger partial charge on any atom is 0.243 e. The van der Waals surface area contributed by atoms with Gasteiger partial charge in [-0.15, -0.1) is 0 Å². The number of hydrogen-bond donors (Lipinski definition) is 2. The number of rotatable bonds is 13. The van der Waals surface area contributed by atoms with Crippen LogP contribution in [0.4, 0.5) is 11.4 Å². The van der Waals surface area contributed by atoms with Gasteiger partial charge in [-0.25, -0.2) is 0 Å². The molecule has 0 aromatic heterocycles. The van der Waals surface area contributed by atoms with Crippen LogP contribution in [-0.2, 0) is 16.0 Å². The predicted molar refractivity (Wildman–Crippen MR) is 128 cm³/mol. The molecule has 0 radical (unpaired) electrons. The van der Waals surface area contributed by atoms with E-state index in [4.69, 9.17) is 14.2 Å². The van der Waals surface area contributed by atoms with Gasteiger partial charge in [0.15, 0.2) is 0 Å². The summed E-state index contributed by atoms with van der Waals surface area (Å²) in [7, 11) is 0. The fourth-order valence-electron chi connectivity index (χ4n) is 3.01. The van der Waals surface area contributed by atoms with Crippen LogP contribution in [0, 0.1) is 0 Å². The number of ether oxygens (including phenoxy) is 3. The highest BCUT2D eigenvalue weighted by Crippen LogP contribution is 2.18. The summed E-state index contributed by atoms with van der Waals surface area (Å²) in [5.74, 6) is 1.36. The van der Waals surface area contributed by atoms with Crippen LogP contribution in [0.25, 0.3) is 0 Å². The number of hydrogen-bond acceptors (Lipinski definition) is 5. The molecule has 0 fully saturated rings. The zero-order valence-corrected chi connectivity index (χ0v) is 18.4. The average Bonchev–Trinajstić information content (AvgIpc) is 2.82. The first-order valence-corrected chi connectivity index (χ1v) is 10.8. The van der Waals surface area contributed by atoms with E-state index in [-0.39, 0.29) is 12.5 Å². The minimum absolute atomic E-state index is 0.139. The molecule has 3 aromatic rings. The van der Waals surface area contributed by atoms with E-state index in [0.29, 0.717) is 37.9 Å². The Kier molecular flexibility index (Phi) is 9.42. The van der Waals surface area contributed by atoms with E-state index in [1.54, 1.807) is 6.07 Å². The Labute approximate surface area is 189 Å². The van der Waals surface area contributed by atoms with Gasteiger partial charge in [0, 0.05) is 30.5 Å². The number of anilines is 2. The first-order valence-electron chi connectivity index (χ1n) is 10.8. The molecule has 0 saturated heterocycles. The number of amides is 1. The van der Waals surface area contributed by atoms with Crippen molar-refractivity contribution in [3.8, 4) is 11.5 Å². The summed E-state index contributed by atoms with van der Waals surface area (Å²) >= 11 is 0. The highest BCUT2D eigenvalue weighted by atomic mass is 16.5. The van der Waals surface area contributed by atoms with Gasteiger partial charge in [0.2, 0.25) is 5.91 Å². The van der Waals surface area contributed by atoms with Crippen LogP contribution < -0.4 is 20.1 Å². The largest absolute Gasteiger partial charge is 0.493 e. The van der Waals surface area contributed by atoms with Crippen molar-refractivity contribution >= 4 is 17.3 Å². The van der Waals surface area contributed by atoms with Crippen LogP contribution in [0.5, 0.6) is 11.5 Å². The van der Waals surface area contributed by atoms with Gasteiger partial charge in [-0.3, -0.25) is 4.79 Å². The van der Waals surface area contributed by atoms with E-state index >= 15 is 0 Å². The van der Waals surface area contributed by atoms with Gasteiger partial charge >= 0.3 is 0 Å². The van der Waals surface area contributed by atoms with Gasteiger partial charge in [-0.2, -0.15) is 0 Å². The molecule has 2 N–H and O–H groups in total. The van der Waals surface area contributed by atoms with Crippen molar-refractivity contribution in [3.63, 3.8) is 0 Å². The summed E-state index contributed by atoms with van der Waals surface area (Å²) in [6, 6.07) is 25.2. The molecule has 0 spiro atoms. The number of carbonyl (C=O) groups is 1. The van der Waals surface area contributed by atoms with E-state index in [0.717, 1.165) is 17.9 Å². The normalized spacial score (nSPS) is 10.4. The minimum Gasteiger partial charge on any atom is -0.493 e. The fraction of sp³-hybridized carbons (Fsp3) is 0.269. The third-order valence-electron chi connectivity index (χ3n) is 4.63. The Morgan fingerprint density at radius 3 is 2.34 bits per heavy atom. The molecule has 3 rings (SSSR count). The second kappa shape index (κ2) is 13.0. The molecule has 32 heavy (non-hydrogen) atoms. The van der Waals surface area contributed by atoms with Crippen molar-refractivity contribution < 1.29 is 19.0 Å². The third kappa shape index (κ3) is 8.32. The van der Waals surface area contributed by atoms with Gasteiger partial charge in [0.1, 0.15) is 18.1 Å². The van der Waals surface area contributed by atoms with Crippen molar-refractivity contribution in [2.45, 2.75) is 13.3 Å². The first kappa shape index (κ1) is 23.2. The van der Waals surface area contributed by atoms with E-state index in [1.165, 1.54) is 5.56 Å². The SMILES string of the molecule is CCOCCOc1cccc(NC(=O)CNc2ccc(OCCc3ccccc3)cc2)c1. The Hall–Kier alpha value is -3.51.